The minimum absolute atomic E-state index is 0.241. The Morgan fingerprint density at radius 2 is 1.58 bits per heavy atom. The van der Waals surface area contributed by atoms with Gasteiger partial charge in [-0.05, 0) is 38.1 Å². The molecule has 1 aromatic heterocycles. The number of benzene rings is 2. The number of carbonyl (C=O) groups excluding carboxylic acids is 1. The van der Waals surface area contributed by atoms with Crippen LogP contribution in [0.25, 0.3) is 0 Å². The van der Waals surface area contributed by atoms with Crippen LogP contribution < -0.4 is 16.4 Å². The number of aromatic amines is 1. The van der Waals surface area contributed by atoms with Gasteiger partial charge in [0.25, 0.3) is 5.91 Å². The van der Waals surface area contributed by atoms with Gasteiger partial charge in [0, 0.05) is 11.3 Å². The first-order valence-electron chi connectivity index (χ1n) is 7.58. The molecule has 0 aliphatic heterocycles. The van der Waals surface area contributed by atoms with Crippen LogP contribution in [0.4, 0.5) is 23.0 Å². The number of nitrogen functional groups attached to an aromatic ring is 1. The summed E-state index contributed by atoms with van der Waals surface area (Å²) in [4.78, 5) is 12.4. The molecule has 3 rings (SSSR count). The van der Waals surface area contributed by atoms with Gasteiger partial charge in [0.15, 0.2) is 5.82 Å². The first kappa shape index (κ1) is 15.6. The number of aromatic nitrogens is 2. The molecule has 0 aliphatic carbocycles. The summed E-state index contributed by atoms with van der Waals surface area (Å²) in [5.74, 6) is 0.525. The number of hydrogen-bond acceptors (Lipinski definition) is 4. The van der Waals surface area contributed by atoms with Crippen molar-refractivity contribution < 1.29 is 4.79 Å². The lowest BCUT2D eigenvalue weighted by Gasteiger charge is -2.09. The molecule has 122 valence electrons. The highest BCUT2D eigenvalue weighted by Gasteiger charge is 2.15. The SMILES string of the molecule is Cc1ccc(Nc2n[nH]c(N)c2NC(=O)c2ccc(C)cc2)cc1. The van der Waals surface area contributed by atoms with Gasteiger partial charge in [-0.2, -0.15) is 5.10 Å². The van der Waals surface area contributed by atoms with Crippen molar-refractivity contribution in [3.8, 4) is 0 Å². The Labute approximate surface area is 140 Å². The summed E-state index contributed by atoms with van der Waals surface area (Å²) >= 11 is 0. The Balaban J connectivity index is 1.80. The van der Waals surface area contributed by atoms with Crippen molar-refractivity contribution >= 4 is 28.9 Å². The predicted molar refractivity (Wildman–Crippen MR) is 96.6 cm³/mol. The lowest BCUT2D eigenvalue weighted by molar-refractivity contribution is 0.102. The Hall–Kier alpha value is -3.28. The summed E-state index contributed by atoms with van der Waals surface area (Å²) in [5, 5.41) is 12.8. The quantitative estimate of drug-likeness (QED) is 0.590. The fourth-order valence-corrected chi connectivity index (χ4v) is 2.24. The lowest BCUT2D eigenvalue weighted by Crippen LogP contribution is -2.13. The van der Waals surface area contributed by atoms with Gasteiger partial charge in [-0.3, -0.25) is 9.89 Å². The van der Waals surface area contributed by atoms with E-state index in [1.165, 1.54) is 0 Å². The van der Waals surface area contributed by atoms with Gasteiger partial charge in [-0.25, -0.2) is 0 Å². The molecule has 0 fully saturated rings. The van der Waals surface area contributed by atoms with Gasteiger partial charge < -0.3 is 16.4 Å². The summed E-state index contributed by atoms with van der Waals surface area (Å²) < 4.78 is 0. The Bertz CT molecular complexity index is 850. The van der Waals surface area contributed by atoms with Crippen LogP contribution in [0.3, 0.4) is 0 Å². The number of nitrogens with zero attached hydrogens (tertiary/aromatic N) is 1. The molecule has 24 heavy (non-hydrogen) atoms. The number of aryl methyl sites for hydroxylation is 2. The summed E-state index contributed by atoms with van der Waals surface area (Å²) in [6.45, 7) is 3.99. The maximum absolute atomic E-state index is 12.4. The number of nitrogens with two attached hydrogens (primary N) is 1. The van der Waals surface area contributed by atoms with Crippen molar-refractivity contribution in [1.29, 1.82) is 0 Å². The molecule has 0 radical (unpaired) electrons. The highest BCUT2D eigenvalue weighted by atomic mass is 16.1. The van der Waals surface area contributed by atoms with Gasteiger partial charge in [0.1, 0.15) is 11.5 Å². The number of hydrogen-bond donors (Lipinski definition) is 4. The Morgan fingerprint density at radius 1 is 1.00 bits per heavy atom. The van der Waals surface area contributed by atoms with Crippen LogP contribution >= 0.6 is 0 Å². The molecular formula is C18H19N5O. The molecule has 1 heterocycles. The van der Waals surface area contributed by atoms with Crippen LogP contribution in [0, 0.1) is 13.8 Å². The second-order valence-electron chi connectivity index (χ2n) is 5.67. The third-order valence-corrected chi connectivity index (χ3v) is 3.66. The average molecular weight is 321 g/mol. The molecule has 1 amide bonds. The van der Waals surface area contributed by atoms with E-state index in [2.05, 4.69) is 20.8 Å². The van der Waals surface area contributed by atoms with Crippen LogP contribution in [0.1, 0.15) is 21.5 Å². The first-order valence-corrected chi connectivity index (χ1v) is 7.58. The zero-order valence-corrected chi connectivity index (χ0v) is 13.6. The van der Waals surface area contributed by atoms with Crippen LogP contribution in [0.5, 0.6) is 0 Å². The van der Waals surface area contributed by atoms with Crippen molar-refractivity contribution in [2.45, 2.75) is 13.8 Å². The topological polar surface area (TPSA) is 95.8 Å². The monoisotopic (exact) mass is 321 g/mol. The van der Waals surface area contributed by atoms with E-state index in [1.807, 2.05) is 50.2 Å². The van der Waals surface area contributed by atoms with E-state index in [9.17, 15) is 4.79 Å². The van der Waals surface area contributed by atoms with E-state index in [-0.39, 0.29) is 5.91 Å². The minimum atomic E-state index is -0.241. The summed E-state index contributed by atoms with van der Waals surface area (Å²) in [6, 6.07) is 15.2. The van der Waals surface area contributed by atoms with Crippen molar-refractivity contribution in [2.24, 2.45) is 0 Å². The smallest absolute Gasteiger partial charge is 0.255 e. The summed E-state index contributed by atoms with van der Waals surface area (Å²) in [5.41, 5.74) is 10.0. The molecule has 0 spiro atoms. The predicted octanol–water partition coefficient (Wildman–Crippen LogP) is 3.60. The number of rotatable bonds is 4. The molecule has 0 unspecified atom stereocenters. The Kier molecular flexibility index (Phi) is 4.20. The van der Waals surface area contributed by atoms with Crippen molar-refractivity contribution in [3.63, 3.8) is 0 Å². The van der Waals surface area contributed by atoms with Crippen molar-refractivity contribution in [1.82, 2.24) is 10.2 Å². The Morgan fingerprint density at radius 3 is 2.21 bits per heavy atom. The lowest BCUT2D eigenvalue weighted by atomic mass is 10.1. The van der Waals surface area contributed by atoms with Crippen molar-refractivity contribution in [2.75, 3.05) is 16.4 Å². The zero-order chi connectivity index (χ0) is 17.1. The molecule has 0 bridgehead atoms. The van der Waals surface area contributed by atoms with E-state index in [0.29, 0.717) is 22.9 Å². The maximum Gasteiger partial charge on any atom is 0.255 e. The molecular weight excluding hydrogens is 302 g/mol. The van der Waals surface area contributed by atoms with E-state index >= 15 is 0 Å². The number of H-pyrrole nitrogens is 1. The number of amides is 1. The van der Waals surface area contributed by atoms with E-state index in [0.717, 1.165) is 16.8 Å². The molecule has 0 atom stereocenters. The van der Waals surface area contributed by atoms with E-state index in [1.54, 1.807) is 12.1 Å². The van der Waals surface area contributed by atoms with Gasteiger partial charge in [0.05, 0.1) is 0 Å². The molecule has 5 N–H and O–H groups in total. The average Bonchev–Trinajstić information content (AvgIpc) is 2.91. The normalized spacial score (nSPS) is 10.4. The minimum Gasteiger partial charge on any atom is -0.382 e. The van der Waals surface area contributed by atoms with Crippen LogP contribution in [-0.2, 0) is 0 Å². The fraction of sp³-hybridized carbons (Fsp3) is 0.111. The van der Waals surface area contributed by atoms with E-state index < -0.39 is 0 Å². The fourth-order valence-electron chi connectivity index (χ4n) is 2.24. The standard InChI is InChI=1S/C18H19N5O/c1-11-3-7-13(8-4-11)18(24)21-15-16(19)22-23-17(15)20-14-9-5-12(2)6-10-14/h3-10H,1-2H3,(H,21,24)(H4,19,20,22,23). The molecule has 0 aliphatic rings. The van der Waals surface area contributed by atoms with Gasteiger partial charge >= 0.3 is 0 Å². The third kappa shape index (κ3) is 3.38. The third-order valence-electron chi connectivity index (χ3n) is 3.66. The van der Waals surface area contributed by atoms with Crippen molar-refractivity contribution in [3.05, 3.63) is 65.2 Å². The number of anilines is 4. The molecule has 0 saturated heterocycles. The van der Waals surface area contributed by atoms with Gasteiger partial charge in [0.2, 0.25) is 0 Å². The highest BCUT2D eigenvalue weighted by Crippen LogP contribution is 2.28. The highest BCUT2D eigenvalue weighted by molar-refractivity contribution is 6.07. The zero-order valence-electron chi connectivity index (χ0n) is 13.6. The van der Waals surface area contributed by atoms with E-state index in [4.69, 9.17) is 5.73 Å². The number of carbonyl (C=O) groups is 1. The molecule has 6 nitrogen and oxygen atoms in total. The molecule has 3 aromatic rings. The van der Waals surface area contributed by atoms with Gasteiger partial charge in [-0.1, -0.05) is 35.4 Å². The second kappa shape index (κ2) is 6.45. The summed E-state index contributed by atoms with van der Waals surface area (Å²) in [7, 11) is 0. The molecule has 6 heteroatoms. The largest absolute Gasteiger partial charge is 0.382 e. The first-order chi connectivity index (χ1) is 11.5. The molecule has 2 aromatic carbocycles. The second-order valence-corrected chi connectivity index (χ2v) is 5.67. The molecule has 0 saturated carbocycles. The number of nitrogens with one attached hydrogen (secondary N) is 3. The van der Waals surface area contributed by atoms with Crippen LogP contribution in [0.15, 0.2) is 48.5 Å². The van der Waals surface area contributed by atoms with Gasteiger partial charge in [-0.15, -0.1) is 0 Å². The summed E-state index contributed by atoms with van der Waals surface area (Å²) in [6.07, 6.45) is 0. The van der Waals surface area contributed by atoms with Crippen LogP contribution in [-0.4, -0.2) is 16.1 Å². The van der Waals surface area contributed by atoms with Crippen LogP contribution in [0.2, 0.25) is 0 Å². The maximum atomic E-state index is 12.4.